The van der Waals surface area contributed by atoms with Crippen LogP contribution in [0.15, 0.2) is 28.7 Å². The Kier molecular flexibility index (Phi) is 7.44. The zero-order valence-electron chi connectivity index (χ0n) is 14.9. The van der Waals surface area contributed by atoms with Crippen molar-refractivity contribution in [2.24, 2.45) is 0 Å². The Morgan fingerprint density at radius 1 is 1.35 bits per heavy atom. The van der Waals surface area contributed by atoms with E-state index >= 15 is 0 Å². The van der Waals surface area contributed by atoms with Crippen LogP contribution in [0.2, 0.25) is 0 Å². The second-order valence-electron chi connectivity index (χ2n) is 6.05. The highest BCUT2D eigenvalue weighted by Crippen LogP contribution is 2.17. The van der Waals surface area contributed by atoms with Crippen molar-refractivity contribution in [2.75, 3.05) is 19.7 Å². The molecule has 8 heteroatoms. The van der Waals surface area contributed by atoms with Crippen LogP contribution in [-0.4, -0.2) is 54.5 Å². The number of rotatable bonds is 7. The molecule has 142 valence electrons. The molecule has 0 bridgehead atoms. The molecule has 1 N–H and O–H groups in total. The van der Waals surface area contributed by atoms with Gasteiger partial charge in [-0.15, -0.1) is 0 Å². The summed E-state index contributed by atoms with van der Waals surface area (Å²) in [6, 6.07) is 6.22. The van der Waals surface area contributed by atoms with Crippen molar-refractivity contribution in [2.45, 2.75) is 38.8 Å². The van der Waals surface area contributed by atoms with Crippen LogP contribution in [0.25, 0.3) is 0 Å². The predicted molar refractivity (Wildman–Crippen MR) is 98.6 cm³/mol. The third kappa shape index (κ3) is 5.72. The molecule has 2 unspecified atom stereocenters. The molecule has 1 fully saturated rings. The number of amides is 2. The summed E-state index contributed by atoms with van der Waals surface area (Å²) in [6.45, 7) is 4.16. The number of nitrogens with one attached hydrogen (secondary N) is 1. The van der Waals surface area contributed by atoms with Gasteiger partial charge in [0.15, 0.2) is 6.61 Å². The van der Waals surface area contributed by atoms with Crippen LogP contribution in [-0.2, 0) is 19.1 Å². The van der Waals surface area contributed by atoms with E-state index in [-0.39, 0.29) is 30.9 Å². The summed E-state index contributed by atoms with van der Waals surface area (Å²) in [7, 11) is 0. The molecule has 2 amide bonds. The number of piperazine rings is 1. The maximum atomic E-state index is 12.5. The molecular weight excluding hydrogens is 404 g/mol. The van der Waals surface area contributed by atoms with Gasteiger partial charge in [-0.2, -0.15) is 0 Å². The van der Waals surface area contributed by atoms with Crippen molar-refractivity contribution in [1.29, 1.82) is 0 Å². The molecule has 0 aromatic heterocycles. The number of carbonyl (C=O) groups is 3. The predicted octanol–water partition coefficient (Wildman–Crippen LogP) is 1.89. The number of hydrogen-bond acceptors (Lipinski definition) is 5. The third-order valence-electron chi connectivity index (χ3n) is 4.09. The fourth-order valence-electron chi connectivity index (χ4n) is 2.49. The molecule has 0 spiro atoms. The fourth-order valence-corrected chi connectivity index (χ4v) is 2.75. The monoisotopic (exact) mass is 426 g/mol. The second kappa shape index (κ2) is 9.56. The molecule has 2 rings (SSSR count). The normalized spacial score (nSPS) is 18.0. The molecular formula is C18H23BrN2O5. The van der Waals surface area contributed by atoms with E-state index in [4.69, 9.17) is 9.47 Å². The summed E-state index contributed by atoms with van der Waals surface area (Å²) >= 11 is 3.33. The molecule has 7 nitrogen and oxygen atoms in total. The molecule has 0 radical (unpaired) electrons. The molecule has 2 atom stereocenters. The highest BCUT2D eigenvalue weighted by atomic mass is 79.9. The van der Waals surface area contributed by atoms with E-state index in [2.05, 4.69) is 21.2 Å². The van der Waals surface area contributed by atoms with Crippen LogP contribution in [0.1, 0.15) is 26.7 Å². The molecule has 1 aromatic rings. The van der Waals surface area contributed by atoms with Gasteiger partial charge >= 0.3 is 5.97 Å². The van der Waals surface area contributed by atoms with Crippen molar-refractivity contribution in [1.82, 2.24) is 10.2 Å². The number of benzene rings is 1. The Morgan fingerprint density at radius 3 is 2.69 bits per heavy atom. The Balaban J connectivity index is 1.96. The molecule has 1 aromatic carbocycles. The molecule has 26 heavy (non-hydrogen) atoms. The first-order valence-corrected chi connectivity index (χ1v) is 9.35. The van der Waals surface area contributed by atoms with Gasteiger partial charge in [-0.3, -0.25) is 14.4 Å². The number of hydrogen-bond donors (Lipinski definition) is 1. The van der Waals surface area contributed by atoms with Gasteiger partial charge in [0.2, 0.25) is 5.91 Å². The van der Waals surface area contributed by atoms with E-state index < -0.39 is 12.0 Å². The summed E-state index contributed by atoms with van der Waals surface area (Å²) < 4.78 is 11.6. The molecule has 1 heterocycles. The standard InChI is InChI=1S/C18H23BrN2O5/c1-3-12(2)26-17(23)10-15-18(24)20-8-9-21(15)16(22)11-25-14-6-4-13(19)5-7-14/h4-7,12,15H,3,8-11H2,1-2H3,(H,20,24). The van der Waals surface area contributed by atoms with E-state index in [1.54, 1.807) is 19.1 Å². The van der Waals surface area contributed by atoms with Crippen LogP contribution in [0, 0.1) is 0 Å². The summed E-state index contributed by atoms with van der Waals surface area (Å²) in [5, 5.41) is 2.68. The van der Waals surface area contributed by atoms with Crippen molar-refractivity contribution in [3.05, 3.63) is 28.7 Å². The van der Waals surface area contributed by atoms with Crippen molar-refractivity contribution in [3.8, 4) is 5.75 Å². The zero-order valence-corrected chi connectivity index (χ0v) is 16.5. The van der Waals surface area contributed by atoms with Crippen LogP contribution >= 0.6 is 15.9 Å². The van der Waals surface area contributed by atoms with Gasteiger partial charge in [-0.1, -0.05) is 22.9 Å². The highest BCUT2D eigenvalue weighted by Gasteiger charge is 2.35. The number of halogens is 1. The van der Waals surface area contributed by atoms with Crippen molar-refractivity contribution < 1.29 is 23.9 Å². The van der Waals surface area contributed by atoms with E-state index in [1.165, 1.54) is 4.90 Å². The molecule has 0 saturated carbocycles. The van der Waals surface area contributed by atoms with Gasteiger partial charge in [-0.25, -0.2) is 0 Å². The van der Waals surface area contributed by atoms with Crippen molar-refractivity contribution >= 4 is 33.7 Å². The number of esters is 1. The van der Waals surface area contributed by atoms with Crippen LogP contribution in [0.3, 0.4) is 0 Å². The lowest BCUT2D eigenvalue weighted by Crippen LogP contribution is -2.58. The van der Waals surface area contributed by atoms with Gasteiger partial charge < -0.3 is 19.7 Å². The first kappa shape index (κ1) is 20.2. The zero-order chi connectivity index (χ0) is 19.1. The average Bonchev–Trinajstić information content (AvgIpc) is 2.62. The van der Waals surface area contributed by atoms with Crippen molar-refractivity contribution in [3.63, 3.8) is 0 Å². The number of ether oxygens (including phenoxy) is 2. The van der Waals surface area contributed by atoms with Crippen LogP contribution in [0.5, 0.6) is 5.75 Å². The van der Waals surface area contributed by atoms with Gasteiger partial charge in [0.05, 0.1) is 12.5 Å². The largest absolute Gasteiger partial charge is 0.484 e. The SMILES string of the molecule is CCC(C)OC(=O)CC1C(=O)NCCN1C(=O)COc1ccc(Br)cc1. The van der Waals surface area contributed by atoms with Crippen LogP contribution in [0.4, 0.5) is 0 Å². The summed E-state index contributed by atoms with van der Waals surface area (Å²) in [5.74, 6) is -0.637. The summed E-state index contributed by atoms with van der Waals surface area (Å²) in [6.07, 6.45) is 0.297. The maximum absolute atomic E-state index is 12.5. The molecule has 1 saturated heterocycles. The minimum Gasteiger partial charge on any atom is -0.484 e. The lowest BCUT2D eigenvalue weighted by atomic mass is 10.1. The Bertz CT molecular complexity index is 649. The second-order valence-corrected chi connectivity index (χ2v) is 6.97. The minimum atomic E-state index is -0.874. The average molecular weight is 427 g/mol. The molecule has 1 aliphatic rings. The smallest absolute Gasteiger partial charge is 0.308 e. The first-order chi connectivity index (χ1) is 12.4. The fraction of sp³-hybridized carbons (Fsp3) is 0.500. The first-order valence-electron chi connectivity index (χ1n) is 8.55. The Morgan fingerprint density at radius 2 is 2.04 bits per heavy atom. The minimum absolute atomic E-state index is 0.166. The van der Waals surface area contributed by atoms with Crippen LogP contribution < -0.4 is 10.1 Å². The molecule has 1 aliphatic heterocycles. The van der Waals surface area contributed by atoms with E-state index in [0.717, 1.165) is 4.47 Å². The summed E-state index contributed by atoms with van der Waals surface area (Å²) in [5.41, 5.74) is 0. The third-order valence-corrected chi connectivity index (χ3v) is 4.62. The molecule has 0 aliphatic carbocycles. The Labute approximate surface area is 161 Å². The quantitative estimate of drug-likeness (QED) is 0.672. The summed E-state index contributed by atoms with van der Waals surface area (Å²) in [4.78, 5) is 38.1. The Hall–Kier alpha value is -2.09. The number of nitrogens with zero attached hydrogens (tertiary/aromatic N) is 1. The number of carbonyl (C=O) groups excluding carboxylic acids is 3. The van der Waals surface area contributed by atoms with Gasteiger partial charge in [0, 0.05) is 17.6 Å². The lowest BCUT2D eigenvalue weighted by Gasteiger charge is -2.34. The van der Waals surface area contributed by atoms with E-state index in [1.807, 2.05) is 19.1 Å². The van der Waals surface area contributed by atoms with Gasteiger partial charge in [-0.05, 0) is 37.6 Å². The highest BCUT2D eigenvalue weighted by molar-refractivity contribution is 9.10. The lowest BCUT2D eigenvalue weighted by molar-refractivity contribution is -0.155. The maximum Gasteiger partial charge on any atom is 0.308 e. The topological polar surface area (TPSA) is 84.9 Å². The van der Waals surface area contributed by atoms with E-state index in [0.29, 0.717) is 25.3 Å². The van der Waals surface area contributed by atoms with Gasteiger partial charge in [0.25, 0.3) is 5.91 Å². The van der Waals surface area contributed by atoms with Gasteiger partial charge in [0.1, 0.15) is 11.8 Å². The van der Waals surface area contributed by atoms with E-state index in [9.17, 15) is 14.4 Å².